The van der Waals surface area contributed by atoms with Crippen LogP contribution in [-0.2, 0) is 6.54 Å². The average Bonchev–Trinajstić information content (AvgIpc) is 2.41. The molecular formula is C13H11ClN2O3. The van der Waals surface area contributed by atoms with E-state index in [1.165, 1.54) is 12.1 Å². The first-order valence-corrected chi connectivity index (χ1v) is 5.89. The fraction of sp³-hybridized carbons (Fsp3) is 0.0769. The third-order valence-electron chi connectivity index (χ3n) is 2.52. The number of hydrogen-bond donors (Lipinski definition) is 1. The highest BCUT2D eigenvalue weighted by Crippen LogP contribution is 2.33. The lowest BCUT2D eigenvalue weighted by molar-refractivity contribution is -0.385. The van der Waals surface area contributed by atoms with E-state index in [0.29, 0.717) is 16.3 Å². The zero-order valence-electron chi connectivity index (χ0n) is 9.88. The Labute approximate surface area is 114 Å². The lowest BCUT2D eigenvalue weighted by Gasteiger charge is -2.10. The van der Waals surface area contributed by atoms with Gasteiger partial charge in [-0.2, -0.15) is 0 Å². The van der Waals surface area contributed by atoms with Crippen molar-refractivity contribution < 1.29 is 9.66 Å². The van der Waals surface area contributed by atoms with Crippen LogP contribution in [0.25, 0.3) is 0 Å². The summed E-state index contributed by atoms with van der Waals surface area (Å²) in [6, 6.07) is 11.1. The molecule has 0 aliphatic carbocycles. The Hall–Kier alpha value is -2.11. The number of nitrogens with zero attached hydrogens (tertiary/aromatic N) is 1. The van der Waals surface area contributed by atoms with Gasteiger partial charge >= 0.3 is 5.69 Å². The first-order chi connectivity index (χ1) is 9.11. The number of rotatable bonds is 4. The van der Waals surface area contributed by atoms with Gasteiger partial charge in [0, 0.05) is 23.2 Å². The molecule has 0 fully saturated rings. The summed E-state index contributed by atoms with van der Waals surface area (Å²) >= 11 is 5.86. The largest absolute Gasteiger partial charge is 0.450 e. The number of ether oxygens (including phenoxy) is 1. The van der Waals surface area contributed by atoms with E-state index in [0.717, 1.165) is 0 Å². The normalized spacial score (nSPS) is 10.2. The van der Waals surface area contributed by atoms with Gasteiger partial charge in [-0.1, -0.05) is 23.7 Å². The maximum atomic E-state index is 10.9. The molecular weight excluding hydrogens is 268 g/mol. The van der Waals surface area contributed by atoms with Crippen molar-refractivity contribution in [3.05, 3.63) is 63.2 Å². The molecule has 5 nitrogen and oxygen atoms in total. The number of para-hydroxylation sites is 2. The molecule has 0 amide bonds. The zero-order chi connectivity index (χ0) is 13.8. The minimum atomic E-state index is -0.493. The average molecular weight is 279 g/mol. The van der Waals surface area contributed by atoms with Gasteiger partial charge in [0.15, 0.2) is 0 Å². The van der Waals surface area contributed by atoms with E-state index >= 15 is 0 Å². The number of nitro groups is 1. The van der Waals surface area contributed by atoms with Gasteiger partial charge in [-0.15, -0.1) is 0 Å². The Kier molecular flexibility index (Phi) is 3.99. The van der Waals surface area contributed by atoms with Crippen LogP contribution in [0.3, 0.4) is 0 Å². The second kappa shape index (κ2) is 5.69. The van der Waals surface area contributed by atoms with E-state index in [1.54, 1.807) is 30.3 Å². The molecule has 2 rings (SSSR count). The van der Waals surface area contributed by atoms with Crippen LogP contribution in [0.1, 0.15) is 5.56 Å². The smallest absolute Gasteiger partial charge is 0.311 e. The Morgan fingerprint density at radius 3 is 2.63 bits per heavy atom. The third kappa shape index (κ3) is 3.01. The van der Waals surface area contributed by atoms with Crippen molar-refractivity contribution in [3.63, 3.8) is 0 Å². The number of halogens is 1. The predicted molar refractivity (Wildman–Crippen MR) is 72.5 cm³/mol. The van der Waals surface area contributed by atoms with E-state index in [1.807, 2.05) is 0 Å². The lowest BCUT2D eigenvalue weighted by atomic mass is 10.2. The molecule has 0 saturated heterocycles. The Morgan fingerprint density at radius 2 is 1.95 bits per heavy atom. The molecule has 2 aromatic carbocycles. The lowest BCUT2D eigenvalue weighted by Crippen LogP contribution is -2.00. The summed E-state index contributed by atoms with van der Waals surface area (Å²) in [5.41, 5.74) is 6.19. The summed E-state index contributed by atoms with van der Waals surface area (Å²) in [7, 11) is 0. The molecule has 2 N–H and O–H groups in total. The summed E-state index contributed by atoms with van der Waals surface area (Å²) in [6.07, 6.45) is 0. The molecule has 0 bridgehead atoms. The van der Waals surface area contributed by atoms with Crippen molar-refractivity contribution in [1.82, 2.24) is 0 Å². The molecule has 0 heterocycles. The van der Waals surface area contributed by atoms with Crippen molar-refractivity contribution in [3.8, 4) is 11.5 Å². The van der Waals surface area contributed by atoms with E-state index in [9.17, 15) is 10.1 Å². The first-order valence-electron chi connectivity index (χ1n) is 5.51. The highest BCUT2D eigenvalue weighted by atomic mass is 35.5. The summed E-state index contributed by atoms with van der Waals surface area (Å²) in [6.45, 7) is 0.233. The molecule has 0 aromatic heterocycles. The van der Waals surface area contributed by atoms with Gasteiger partial charge < -0.3 is 10.5 Å². The number of nitro benzene ring substituents is 1. The van der Waals surface area contributed by atoms with Gasteiger partial charge in [0.2, 0.25) is 5.75 Å². The highest BCUT2D eigenvalue weighted by Gasteiger charge is 2.15. The summed E-state index contributed by atoms with van der Waals surface area (Å²) < 4.78 is 5.57. The molecule has 0 radical (unpaired) electrons. The molecule has 2 aromatic rings. The maximum Gasteiger partial charge on any atom is 0.311 e. The van der Waals surface area contributed by atoms with Gasteiger partial charge in [-0.25, -0.2) is 0 Å². The van der Waals surface area contributed by atoms with Gasteiger partial charge in [0.25, 0.3) is 0 Å². The van der Waals surface area contributed by atoms with Crippen molar-refractivity contribution in [2.24, 2.45) is 5.73 Å². The Morgan fingerprint density at radius 1 is 1.21 bits per heavy atom. The third-order valence-corrected chi connectivity index (χ3v) is 2.76. The van der Waals surface area contributed by atoms with Crippen LogP contribution >= 0.6 is 11.6 Å². The number of benzene rings is 2. The number of nitrogens with two attached hydrogens (primary N) is 1. The fourth-order valence-electron chi connectivity index (χ4n) is 1.62. The van der Waals surface area contributed by atoms with Crippen LogP contribution in [-0.4, -0.2) is 4.92 Å². The molecule has 0 saturated carbocycles. The van der Waals surface area contributed by atoms with Crippen molar-refractivity contribution in [2.75, 3.05) is 0 Å². The van der Waals surface area contributed by atoms with Crippen LogP contribution in [0, 0.1) is 10.1 Å². The summed E-state index contributed by atoms with van der Waals surface area (Å²) in [5, 5.41) is 11.4. The quantitative estimate of drug-likeness (QED) is 0.686. The predicted octanol–water partition coefficient (Wildman–Crippen LogP) is 3.50. The van der Waals surface area contributed by atoms with E-state index in [-0.39, 0.29) is 18.0 Å². The molecule has 6 heteroatoms. The minimum absolute atomic E-state index is 0.0968. The molecule has 0 aliphatic rings. The zero-order valence-corrected chi connectivity index (χ0v) is 10.6. The van der Waals surface area contributed by atoms with Crippen LogP contribution < -0.4 is 10.5 Å². The van der Waals surface area contributed by atoms with Crippen molar-refractivity contribution in [2.45, 2.75) is 6.54 Å². The molecule has 0 unspecified atom stereocenters. The van der Waals surface area contributed by atoms with Crippen LogP contribution in [0.4, 0.5) is 5.69 Å². The van der Waals surface area contributed by atoms with E-state index < -0.39 is 4.92 Å². The van der Waals surface area contributed by atoms with Gasteiger partial charge in [0.1, 0.15) is 5.75 Å². The van der Waals surface area contributed by atoms with Crippen molar-refractivity contribution in [1.29, 1.82) is 0 Å². The topological polar surface area (TPSA) is 78.4 Å². The fourth-order valence-corrected chi connectivity index (χ4v) is 1.81. The van der Waals surface area contributed by atoms with Crippen LogP contribution in [0.5, 0.6) is 11.5 Å². The monoisotopic (exact) mass is 278 g/mol. The number of hydrogen-bond acceptors (Lipinski definition) is 4. The molecule has 0 spiro atoms. The van der Waals surface area contributed by atoms with E-state index in [2.05, 4.69) is 0 Å². The highest BCUT2D eigenvalue weighted by molar-refractivity contribution is 6.30. The molecule has 19 heavy (non-hydrogen) atoms. The van der Waals surface area contributed by atoms with E-state index in [4.69, 9.17) is 22.1 Å². The molecule has 0 aliphatic heterocycles. The SMILES string of the molecule is NCc1cc(Cl)ccc1Oc1ccccc1[N+](=O)[O-]. The second-order valence-electron chi connectivity index (χ2n) is 3.78. The minimum Gasteiger partial charge on any atom is -0.450 e. The Bertz CT molecular complexity index is 617. The summed E-state index contributed by atoms with van der Waals surface area (Å²) in [5.74, 6) is 0.630. The second-order valence-corrected chi connectivity index (χ2v) is 4.22. The first kappa shape index (κ1) is 13.3. The molecule has 0 atom stereocenters. The standard InChI is InChI=1S/C13H11ClN2O3/c14-10-5-6-12(9(7-10)8-15)19-13-4-2-1-3-11(13)16(17)18/h1-7H,8,15H2. The summed E-state index contributed by atoms with van der Waals surface area (Å²) in [4.78, 5) is 10.4. The van der Waals surface area contributed by atoms with Crippen LogP contribution in [0.15, 0.2) is 42.5 Å². The van der Waals surface area contributed by atoms with Gasteiger partial charge in [0.05, 0.1) is 4.92 Å². The van der Waals surface area contributed by atoms with Gasteiger partial charge in [-0.3, -0.25) is 10.1 Å². The Balaban J connectivity index is 2.39. The van der Waals surface area contributed by atoms with Crippen molar-refractivity contribution >= 4 is 17.3 Å². The van der Waals surface area contributed by atoms with Gasteiger partial charge in [-0.05, 0) is 24.3 Å². The van der Waals surface area contributed by atoms with Crippen LogP contribution in [0.2, 0.25) is 5.02 Å². The molecule has 98 valence electrons. The maximum absolute atomic E-state index is 10.9.